The zero-order valence-corrected chi connectivity index (χ0v) is 15.4. The highest BCUT2D eigenvalue weighted by Gasteiger charge is 2.14. The predicted molar refractivity (Wildman–Crippen MR) is 97.2 cm³/mol. The zero-order chi connectivity index (χ0) is 18.4. The Morgan fingerprint density at radius 1 is 1.28 bits per heavy atom. The number of urea groups is 1. The second kappa shape index (κ2) is 8.41. The third-order valence-corrected chi connectivity index (χ3v) is 3.61. The largest absolute Gasteiger partial charge is 0.493 e. The van der Waals surface area contributed by atoms with Crippen LogP contribution in [0.1, 0.15) is 39.3 Å². The van der Waals surface area contributed by atoms with Gasteiger partial charge in [0.25, 0.3) is 0 Å². The third-order valence-electron chi connectivity index (χ3n) is 3.61. The number of carbonyl (C=O) groups excluding carboxylic acids is 1. The first-order chi connectivity index (χ1) is 11.9. The summed E-state index contributed by atoms with van der Waals surface area (Å²) in [7, 11) is 1.60. The molecular weight excluding hydrogens is 320 g/mol. The van der Waals surface area contributed by atoms with Crippen molar-refractivity contribution in [3.05, 3.63) is 36.2 Å². The molecule has 2 amide bonds. The minimum atomic E-state index is -0.287. The highest BCUT2D eigenvalue weighted by molar-refractivity contribution is 5.89. The van der Waals surface area contributed by atoms with Crippen molar-refractivity contribution >= 4 is 11.7 Å². The summed E-state index contributed by atoms with van der Waals surface area (Å²) in [5.41, 5.74) is 1.58. The summed E-state index contributed by atoms with van der Waals surface area (Å²) >= 11 is 0. The molecule has 1 aromatic carbocycles. The van der Waals surface area contributed by atoms with Crippen molar-refractivity contribution in [1.29, 1.82) is 0 Å². The maximum absolute atomic E-state index is 12.1. The van der Waals surface area contributed by atoms with Gasteiger partial charge in [0.05, 0.1) is 31.1 Å². The number of ether oxygens (including phenoxy) is 2. The summed E-state index contributed by atoms with van der Waals surface area (Å²) in [6, 6.07) is 5.17. The molecule has 0 unspecified atom stereocenters. The van der Waals surface area contributed by atoms with E-state index < -0.39 is 0 Å². The van der Waals surface area contributed by atoms with E-state index in [0.717, 1.165) is 12.1 Å². The van der Waals surface area contributed by atoms with Crippen LogP contribution in [-0.4, -0.2) is 29.0 Å². The van der Waals surface area contributed by atoms with Crippen LogP contribution in [0.5, 0.6) is 11.5 Å². The number of methoxy groups -OCH3 is 1. The number of aromatic nitrogens is 2. The van der Waals surface area contributed by atoms with Crippen LogP contribution in [0.2, 0.25) is 0 Å². The van der Waals surface area contributed by atoms with Gasteiger partial charge in [0, 0.05) is 12.7 Å². The van der Waals surface area contributed by atoms with E-state index in [1.54, 1.807) is 24.2 Å². The van der Waals surface area contributed by atoms with E-state index >= 15 is 0 Å². The van der Waals surface area contributed by atoms with Gasteiger partial charge < -0.3 is 20.1 Å². The lowest BCUT2D eigenvalue weighted by Gasteiger charge is -2.18. The fourth-order valence-electron chi connectivity index (χ4n) is 2.35. The first kappa shape index (κ1) is 18.6. The molecule has 2 N–H and O–H groups in total. The number of nitrogens with zero attached hydrogens (tertiary/aromatic N) is 2. The Hall–Kier alpha value is -2.70. The molecule has 0 aliphatic rings. The summed E-state index contributed by atoms with van der Waals surface area (Å²) < 4.78 is 12.8. The quantitative estimate of drug-likeness (QED) is 0.803. The molecule has 0 saturated carbocycles. The molecule has 0 aliphatic carbocycles. The standard InChI is InChI=1S/C18H26N4O3/c1-6-22-11-15(10-19-22)21-18(23)20-13(4)14-7-8-16(25-12(2)3)17(9-14)24-5/h7-13H,6H2,1-5H3,(H2,20,21,23)/t13-/m1/s1. The van der Waals surface area contributed by atoms with Crippen molar-refractivity contribution in [2.75, 3.05) is 12.4 Å². The van der Waals surface area contributed by atoms with Crippen molar-refractivity contribution < 1.29 is 14.3 Å². The van der Waals surface area contributed by atoms with Gasteiger partial charge >= 0.3 is 6.03 Å². The molecule has 7 heteroatoms. The van der Waals surface area contributed by atoms with Gasteiger partial charge in [-0.15, -0.1) is 0 Å². The van der Waals surface area contributed by atoms with Gasteiger partial charge in [-0.2, -0.15) is 5.10 Å². The van der Waals surface area contributed by atoms with Crippen LogP contribution in [0.25, 0.3) is 0 Å². The van der Waals surface area contributed by atoms with Gasteiger partial charge in [-0.25, -0.2) is 4.79 Å². The van der Waals surface area contributed by atoms with E-state index in [9.17, 15) is 4.79 Å². The number of aryl methyl sites for hydroxylation is 1. The molecule has 2 aromatic rings. The average molecular weight is 346 g/mol. The van der Waals surface area contributed by atoms with Crippen molar-refractivity contribution in [1.82, 2.24) is 15.1 Å². The van der Waals surface area contributed by atoms with Crippen LogP contribution < -0.4 is 20.1 Å². The fraction of sp³-hybridized carbons (Fsp3) is 0.444. The third kappa shape index (κ3) is 5.14. The van der Waals surface area contributed by atoms with Crippen LogP contribution >= 0.6 is 0 Å². The van der Waals surface area contributed by atoms with Crippen LogP contribution in [0.4, 0.5) is 10.5 Å². The molecule has 136 valence electrons. The Balaban J connectivity index is 2.01. The number of anilines is 1. The van der Waals surface area contributed by atoms with Gasteiger partial charge in [-0.05, 0) is 45.4 Å². The lowest BCUT2D eigenvalue weighted by molar-refractivity contribution is 0.230. The fourth-order valence-corrected chi connectivity index (χ4v) is 2.35. The molecule has 0 saturated heterocycles. The highest BCUT2D eigenvalue weighted by Crippen LogP contribution is 2.31. The van der Waals surface area contributed by atoms with E-state index in [4.69, 9.17) is 9.47 Å². The molecule has 0 fully saturated rings. The summed E-state index contributed by atoms with van der Waals surface area (Å²) in [6.45, 7) is 8.57. The number of rotatable bonds is 7. The summed E-state index contributed by atoms with van der Waals surface area (Å²) in [5, 5.41) is 9.80. The smallest absolute Gasteiger partial charge is 0.319 e. The van der Waals surface area contributed by atoms with E-state index in [0.29, 0.717) is 17.2 Å². The molecule has 0 bridgehead atoms. The highest BCUT2D eigenvalue weighted by atomic mass is 16.5. The number of amides is 2. The topological polar surface area (TPSA) is 77.4 Å². The minimum Gasteiger partial charge on any atom is -0.493 e. The summed E-state index contributed by atoms with van der Waals surface area (Å²) in [4.78, 5) is 12.1. The number of hydrogen-bond acceptors (Lipinski definition) is 4. The lowest BCUT2D eigenvalue weighted by atomic mass is 10.1. The molecule has 0 radical (unpaired) electrons. The van der Waals surface area contributed by atoms with Crippen molar-refractivity contribution in [2.24, 2.45) is 0 Å². The summed E-state index contributed by atoms with van der Waals surface area (Å²) in [6.07, 6.45) is 3.46. The molecular formula is C18H26N4O3. The predicted octanol–water partition coefficient (Wildman–Crippen LogP) is 3.58. The minimum absolute atomic E-state index is 0.0603. The maximum Gasteiger partial charge on any atom is 0.319 e. The first-order valence-electron chi connectivity index (χ1n) is 8.37. The number of benzene rings is 1. The molecule has 1 atom stereocenters. The van der Waals surface area contributed by atoms with Crippen LogP contribution in [-0.2, 0) is 6.54 Å². The first-order valence-corrected chi connectivity index (χ1v) is 8.37. The molecule has 0 aliphatic heterocycles. The second-order valence-corrected chi connectivity index (χ2v) is 5.98. The van der Waals surface area contributed by atoms with Crippen molar-refractivity contribution in [3.8, 4) is 11.5 Å². The SMILES string of the molecule is CCn1cc(NC(=O)N[C@H](C)c2ccc(OC(C)C)c(OC)c2)cn1. The normalized spacial score (nSPS) is 11.9. The van der Waals surface area contributed by atoms with E-state index in [1.165, 1.54) is 0 Å². The monoisotopic (exact) mass is 346 g/mol. The number of carbonyl (C=O) groups is 1. The maximum atomic E-state index is 12.1. The summed E-state index contributed by atoms with van der Waals surface area (Å²) in [5.74, 6) is 1.33. The molecule has 2 rings (SSSR count). The van der Waals surface area contributed by atoms with E-state index in [2.05, 4.69) is 15.7 Å². The van der Waals surface area contributed by atoms with E-state index in [-0.39, 0.29) is 18.2 Å². The Bertz CT molecular complexity index is 712. The number of nitrogens with one attached hydrogen (secondary N) is 2. The molecule has 1 aromatic heterocycles. The van der Waals surface area contributed by atoms with Gasteiger partial charge in [0.1, 0.15) is 0 Å². The molecule has 0 spiro atoms. The van der Waals surface area contributed by atoms with Crippen molar-refractivity contribution in [2.45, 2.75) is 46.4 Å². The molecule has 25 heavy (non-hydrogen) atoms. The van der Waals surface area contributed by atoms with Crippen LogP contribution in [0.15, 0.2) is 30.6 Å². The molecule has 1 heterocycles. The van der Waals surface area contributed by atoms with Gasteiger partial charge in [0.2, 0.25) is 0 Å². The van der Waals surface area contributed by atoms with Crippen molar-refractivity contribution in [3.63, 3.8) is 0 Å². The number of hydrogen-bond donors (Lipinski definition) is 2. The Labute approximate surface area is 148 Å². The van der Waals surface area contributed by atoms with Crippen LogP contribution in [0.3, 0.4) is 0 Å². The molecule has 7 nitrogen and oxygen atoms in total. The average Bonchev–Trinajstić information content (AvgIpc) is 3.01. The van der Waals surface area contributed by atoms with Gasteiger partial charge in [-0.3, -0.25) is 4.68 Å². The van der Waals surface area contributed by atoms with Gasteiger partial charge in [-0.1, -0.05) is 6.07 Å². The Kier molecular flexibility index (Phi) is 6.27. The second-order valence-electron chi connectivity index (χ2n) is 5.98. The lowest BCUT2D eigenvalue weighted by Crippen LogP contribution is -2.31. The van der Waals surface area contributed by atoms with Crippen LogP contribution in [0, 0.1) is 0 Å². The Morgan fingerprint density at radius 2 is 2.04 bits per heavy atom. The Morgan fingerprint density at radius 3 is 2.64 bits per heavy atom. The van der Waals surface area contributed by atoms with E-state index in [1.807, 2.05) is 45.9 Å². The van der Waals surface area contributed by atoms with Gasteiger partial charge in [0.15, 0.2) is 11.5 Å². The zero-order valence-electron chi connectivity index (χ0n) is 15.4.